The molecule has 0 atom stereocenters. The zero-order valence-corrected chi connectivity index (χ0v) is 11.1. The van der Waals surface area contributed by atoms with E-state index in [0.717, 1.165) is 10.6 Å². The molecule has 0 bridgehead atoms. The summed E-state index contributed by atoms with van der Waals surface area (Å²) in [6.45, 7) is 2.30. The lowest BCUT2D eigenvalue weighted by Crippen LogP contribution is -2.08. The fourth-order valence-electron chi connectivity index (χ4n) is 1.62. The summed E-state index contributed by atoms with van der Waals surface area (Å²) in [4.78, 5) is 16.0. The zero-order chi connectivity index (χ0) is 13.7. The molecule has 0 aliphatic heterocycles. The van der Waals surface area contributed by atoms with Gasteiger partial charge in [0.25, 0.3) is 0 Å². The summed E-state index contributed by atoms with van der Waals surface area (Å²) in [5, 5.41) is 16.0. The number of carboxylic acid groups (broad SMARTS) is 1. The number of benzene rings is 1. The van der Waals surface area contributed by atoms with Crippen molar-refractivity contribution in [2.45, 2.75) is 18.4 Å². The number of nitrogens with zero attached hydrogens (tertiary/aromatic N) is 2. The first kappa shape index (κ1) is 13.4. The molecule has 0 saturated carbocycles. The number of carbonyl (C=O) groups is 1. The Labute approximate surface area is 114 Å². The highest BCUT2D eigenvalue weighted by atomic mass is 32.2. The maximum Gasteiger partial charge on any atom is 0.338 e. The van der Waals surface area contributed by atoms with Crippen LogP contribution in [0.3, 0.4) is 0 Å². The highest BCUT2D eigenvalue weighted by molar-refractivity contribution is 7.99. The van der Waals surface area contributed by atoms with Crippen LogP contribution in [-0.4, -0.2) is 27.0 Å². The SMILES string of the molecule is CCSc1cccc(NCc2ncon2)c1C(=O)O. The standard InChI is InChI=1S/C12H13N3O3S/c1-2-19-9-5-3-4-8(11(9)12(16)17)13-6-10-14-7-18-15-10/h3-5,7,13H,2,6H2,1H3,(H,16,17). The van der Waals surface area contributed by atoms with Gasteiger partial charge < -0.3 is 14.9 Å². The van der Waals surface area contributed by atoms with Crippen LogP contribution in [0.15, 0.2) is 34.0 Å². The van der Waals surface area contributed by atoms with Gasteiger partial charge in [-0.15, -0.1) is 11.8 Å². The van der Waals surface area contributed by atoms with Crippen LogP contribution in [0.2, 0.25) is 0 Å². The minimum Gasteiger partial charge on any atom is -0.478 e. The normalized spacial score (nSPS) is 10.4. The van der Waals surface area contributed by atoms with Crippen molar-refractivity contribution in [3.05, 3.63) is 36.0 Å². The Hall–Kier alpha value is -2.02. The number of hydrogen-bond donors (Lipinski definition) is 2. The average molecular weight is 279 g/mol. The summed E-state index contributed by atoms with van der Waals surface area (Å²) in [6.07, 6.45) is 1.23. The highest BCUT2D eigenvalue weighted by Crippen LogP contribution is 2.28. The number of hydrogen-bond acceptors (Lipinski definition) is 6. The van der Waals surface area contributed by atoms with Crippen molar-refractivity contribution in [2.24, 2.45) is 0 Å². The molecule has 6 nitrogen and oxygen atoms in total. The van der Waals surface area contributed by atoms with Gasteiger partial charge in [0.2, 0.25) is 6.39 Å². The number of aromatic carboxylic acids is 1. The zero-order valence-electron chi connectivity index (χ0n) is 10.3. The monoisotopic (exact) mass is 279 g/mol. The van der Waals surface area contributed by atoms with Gasteiger partial charge in [-0.2, -0.15) is 4.98 Å². The molecule has 0 unspecified atom stereocenters. The molecule has 0 fully saturated rings. The summed E-state index contributed by atoms with van der Waals surface area (Å²) in [5.74, 6) is 0.339. The van der Waals surface area contributed by atoms with E-state index in [4.69, 9.17) is 0 Å². The van der Waals surface area contributed by atoms with E-state index in [1.807, 2.05) is 13.0 Å². The molecule has 2 rings (SSSR count). The quantitative estimate of drug-likeness (QED) is 0.785. The third-order valence-electron chi connectivity index (χ3n) is 2.38. The van der Waals surface area contributed by atoms with E-state index in [-0.39, 0.29) is 5.56 Å². The van der Waals surface area contributed by atoms with Crippen LogP contribution in [0.1, 0.15) is 23.1 Å². The van der Waals surface area contributed by atoms with Gasteiger partial charge in [0.15, 0.2) is 5.82 Å². The first-order valence-electron chi connectivity index (χ1n) is 5.70. The number of nitrogens with one attached hydrogen (secondary N) is 1. The lowest BCUT2D eigenvalue weighted by Gasteiger charge is -2.11. The largest absolute Gasteiger partial charge is 0.478 e. The number of rotatable bonds is 6. The fraction of sp³-hybridized carbons (Fsp3) is 0.250. The smallest absolute Gasteiger partial charge is 0.338 e. The van der Waals surface area contributed by atoms with Crippen molar-refractivity contribution in [3.8, 4) is 0 Å². The van der Waals surface area contributed by atoms with Crippen molar-refractivity contribution in [3.63, 3.8) is 0 Å². The van der Waals surface area contributed by atoms with Crippen LogP contribution in [0.25, 0.3) is 0 Å². The van der Waals surface area contributed by atoms with Crippen LogP contribution in [-0.2, 0) is 6.54 Å². The highest BCUT2D eigenvalue weighted by Gasteiger charge is 2.15. The van der Waals surface area contributed by atoms with Crippen LogP contribution < -0.4 is 5.32 Å². The number of aromatic nitrogens is 2. The van der Waals surface area contributed by atoms with Crippen molar-refractivity contribution in [1.29, 1.82) is 0 Å². The van der Waals surface area contributed by atoms with Gasteiger partial charge in [0, 0.05) is 4.90 Å². The van der Waals surface area contributed by atoms with Crippen LogP contribution in [0, 0.1) is 0 Å². The molecule has 0 radical (unpaired) electrons. The first-order valence-corrected chi connectivity index (χ1v) is 6.69. The Morgan fingerprint density at radius 1 is 1.53 bits per heavy atom. The third-order valence-corrected chi connectivity index (χ3v) is 3.32. The van der Waals surface area contributed by atoms with E-state index >= 15 is 0 Å². The van der Waals surface area contributed by atoms with Crippen LogP contribution in [0.4, 0.5) is 5.69 Å². The van der Waals surface area contributed by atoms with Crippen molar-refractivity contribution in [2.75, 3.05) is 11.1 Å². The lowest BCUT2D eigenvalue weighted by atomic mass is 10.2. The van der Waals surface area contributed by atoms with E-state index in [2.05, 4.69) is 20.0 Å². The molecule has 0 aliphatic rings. The molecule has 0 amide bonds. The topological polar surface area (TPSA) is 88.3 Å². The fourth-order valence-corrected chi connectivity index (χ4v) is 2.45. The van der Waals surface area contributed by atoms with Gasteiger partial charge in [-0.25, -0.2) is 4.79 Å². The molecule has 7 heteroatoms. The molecule has 1 aromatic heterocycles. The second kappa shape index (κ2) is 6.24. The van der Waals surface area contributed by atoms with Gasteiger partial charge in [0.1, 0.15) is 0 Å². The maximum absolute atomic E-state index is 11.4. The maximum atomic E-state index is 11.4. The molecule has 1 heterocycles. The summed E-state index contributed by atoms with van der Waals surface area (Å²) in [7, 11) is 0. The van der Waals surface area contributed by atoms with E-state index in [1.165, 1.54) is 18.2 Å². The summed E-state index contributed by atoms with van der Waals surface area (Å²) in [5.41, 5.74) is 0.827. The molecule has 0 aliphatic carbocycles. The van der Waals surface area contributed by atoms with E-state index in [9.17, 15) is 9.90 Å². The van der Waals surface area contributed by atoms with Crippen molar-refractivity contribution >= 4 is 23.4 Å². The van der Waals surface area contributed by atoms with Crippen molar-refractivity contribution < 1.29 is 14.4 Å². The molecule has 2 aromatic rings. The van der Waals surface area contributed by atoms with E-state index in [1.54, 1.807) is 12.1 Å². The van der Waals surface area contributed by atoms with Gasteiger partial charge >= 0.3 is 5.97 Å². The van der Waals surface area contributed by atoms with Gasteiger partial charge in [-0.3, -0.25) is 0 Å². The molecule has 2 N–H and O–H groups in total. The molecule has 100 valence electrons. The van der Waals surface area contributed by atoms with Crippen LogP contribution >= 0.6 is 11.8 Å². The first-order chi connectivity index (χ1) is 9.22. The summed E-state index contributed by atoms with van der Waals surface area (Å²) in [6, 6.07) is 5.35. The van der Waals surface area contributed by atoms with Gasteiger partial charge in [0.05, 0.1) is 17.8 Å². The predicted octanol–water partition coefficient (Wildman–Crippen LogP) is 2.49. The second-order valence-electron chi connectivity index (χ2n) is 3.62. The Balaban J connectivity index is 2.23. The Morgan fingerprint density at radius 3 is 3.00 bits per heavy atom. The number of anilines is 1. The lowest BCUT2D eigenvalue weighted by molar-refractivity contribution is 0.0694. The van der Waals surface area contributed by atoms with E-state index < -0.39 is 5.97 Å². The third kappa shape index (κ3) is 3.25. The molecule has 19 heavy (non-hydrogen) atoms. The Kier molecular flexibility index (Phi) is 4.40. The molecular formula is C12H13N3O3S. The van der Waals surface area contributed by atoms with Gasteiger partial charge in [-0.05, 0) is 17.9 Å². The Bertz CT molecular complexity index is 557. The minimum atomic E-state index is -0.952. The molecule has 0 spiro atoms. The molecule has 0 saturated heterocycles. The van der Waals surface area contributed by atoms with Gasteiger partial charge in [-0.1, -0.05) is 18.1 Å². The minimum absolute atomic E-state index is 0.276. The predicted molar refractivity (Wildman–Crippen MR) is 71.4 cm³/mol. The van der Waals surface area contributed by atoms with Crippen LogP contribution in [0.5, 0.6) is 0 Å². The van der Waals surface area contributed by atoms with Crippen molar-refractivity contribution in [1.82, 2.24) is 10.1 Å². The van der Waals surface area contributed by atoms with E-state index in [0.29, 0.717) is 18.1 Å². The molecule has 1 aromatic carbocycles. The summed E-state index contributed by atoms with van der Waals surface area (Å²) >= 11 is 1.50. The number of thioether (sulfide) groups is 1. The molecular weight excluding hydrogens is 266 g/mol. The second-order valence-corrected chi connectivity index (χ2v) is 4.92. The average Bonchev–Trinajstić information content (AvgIpc) is 2.89. The summed E-state index contributed by atoms with van der Waals surface area (Å²) < 4.78 is 4.62. The Morgan fingerprint density at radius 2 is 2.37 bits per heavy atom. The number of carboxylic acids is 1.